The van der Waals surface area contributed by atoms with E-state index in [1.54, 1.807) is 0 Å². The Labute approximate surface area is 163 Å². The molecule has 27 heavy (non-hydrogen) atoms. The van der Waals surface area contributed by atoms with Crippen LogP contribution in [0.4, 0.5) is 0 Å². The van der Waals surface area contributed by atoms with Gasteiger partial charge in [0.2, 0.25) is 0 Å². The fourth-order valence-corrected chi connectivity index (χ4v) is 4.64. The maximum Gasteiger partial charge on any atom is 0.137 e. The number of ether oxygens (including phenoxy) is 1. The van der Waals surface area contributed by atoms with Gasteiger partial charge in [-0.25, -0.2) is 4.98 Å². The second-order valence-corrected chi connectivity index (χ2v) is 8.19. The van der Waals surface area contributed by atoms with Crippen molar-refractivity contribution in [3.63, 3.8) is 0 Å². The molecule has 3 aromatic heterocycles. The van der Waals surface area contributed by atoms with Crippen LogP contribution in [-0.4, -0.2) is 39.7 Å². The molecule has 0 bridgehead atoms. The van der Waals surface area contributed by atoms with Crippen molar-refractivity contribution in [3.05, 3.63) is 53.4 Å². The van der Waals surface area contributed by atoms with Gasteiger partial charge in [-0.3, -0.25) is 9.38 Å². The zero-order valence-electron chi connectivity index (χ0n) is 15.2. The Morgan fingerprint density at radius 1 is 1.22 bits per heavy atom. The number of piperidine rings is 1. The van der Waals surface area contributed by atoms with Crippen molar-refractivity contribution < 1.29 is 4.74 Å². The first-order valence-corrected chi connectivity index (χ1v) is 10.0. The van der Waals surface area contributed by atoms with Gasteiger partial charge in [-0.15, -0.1) is 0 Å². The predicted molar refractivity (Wildman–Crippen MR) is 106 cm³/mol. The van der Waals surface area contributed by atoms with Crippen molar-refractivity contribution >= 4 is 17.2 Å². The standard InChI is InChI=1S/C21H23ClN4O/c22-16-4-5-20-24-12-19(26(20)13-16)18-3-1-2-17(25-18)10-15-11-21(27-14-15)6-8-23-9-7-21/h1-5,12-13,15,23H,6-11,14H2/t15-/m0/s1. The van der Waals surface area contributed by atoms with E-state index in [9.17, 15) is 0 Å². The number of halogens is 1. The zero-order valence-corrected chi connectivity index (χ0v) is 16.0. The molecule has 2 saturated heterocycles. The third kappa shape index (κ3) is 3.35. The summed E-state index contributed by atoms with van der Waals surface area (Å²) in [6.45, 7) is 2.98. The molecule has 0 radical (unpaired) electrons. The van der Waals surface area contributed by atoms with Gasteiger partial charge in [-0.2, -0.15) is 0 Å². The Balaban J connectivity index is 1.37. The molecule has 1 atom stereocenters. The van der Waals surface area contributed by atoms with Crippen LogP contribution < -0.4 is 5.32 Å². The molecule has 2 aliphatic rings. The number of pyridine rings is 2. The highest BCUT2D eigenvalue weighted by Gasteiger charge is 2.41. The number of fused-ring (bicyclic) bond motifs is 1. The molecule has 5 nitrogen and oxygen atoms in total. The fraction of sp³-hybridized carbons (Fsp3) is 0.429. The molecular formula is C21H23ClN4O. The Morgan fingerprint density at radius 3 is 3.00 bits per heavy atom. The van der Waals surface area contributed by atoms with Crippen LogP contribution in [0, 0.1) is 5.92 Å². The van der Waals surface area contributed by atoms with E-state index in [0.29, 0.717) is 10.9 Å². The van der Waals surface area contributed by atoms with Crippen LogP contribution in [-0.2, 0) is 11.2 Å². The van der Waals surface area contributed by atoms with Crippen molar-refractivity contribution in [2.75, 3.05) is 19.7 Å². The fourth-order valence-electron chi connectivity index (χ4n) is 4.48. The first-order chi connectivity index (χ1) is 13.2. The lowest BCUT2D eigenvalue weighted by Gasteiger charge is -2.33. The van der Waals surface area contributed by atoms with E-state index < -0.39 is 0 Å². The summed E-state index contributed by atoms with van der Waals surface area (Å²) in [5.41, 5.74) is 3.98. The molecule has 5 rings (SSSR count). The molecule has 140 valence electrons. The highest BCUT2D eigenvalue weighted by atomic mass is 35.5. The second kappa shape index (κ2) is 6.89. The summed E-state index contributed by atoms with van der Waals surface area (Å²) >= 11 is 6.16. The normalized spacial score (nSPS) is 21.9. The summed E-state index contributed by atoms with van der Waals surface area (Å²) in [4.78, 5) is 9.38. The average molecular weight is 383 g/mol. The molecule has 0 saturated carbocycles. The maximum absolute atomic E-state index is 6.24. The van der Waals surface area contributed by atoms with E-state index in [1.165, 1.54) is 0 Å². The molecule has 0 aromatic carbocycles. The molecule has 0 amide bonds. The minimum Gasteiger partial charge on any atom is -0.375 e. The Kier molecular flexibility index (Phi) is 4.38. The van der Waals surface area contributed by atoms with Gasteiger partial charge in [0, 0.05) is 11.9 Å². The molecule has 6 heteroatoms. The van der Waals surface area contributed by atoms with E-state index in [-0.39, 0.29) is 5.60 Å². The van der Waals surface area contributed by atoms with Gasteiger partial charge in [0.15, 0.2) is 0 Å². The monoisotopic (exact) mass is 382 g/mol. The Hall–Kier alpha value is -1.95. The van der Waals surface area contributed by atoms with Crippen LogP contribution in [0.15, 0.2) is 42.7 Å². The van der Waals surface area contributed by atoms with Gasteiger partial charge < -0.3 is 10.1 Å². The molecule has 0 unspecified atom stereocenters. The lowest BCUT2D eigenvalue weighted by molar-refractivity contribution is -0.0196. The van der Waals surface area contributed by atoms with Gasteiger partial charge in [-0.1, -0.05) is 17.7 Å². The summed E-state index contributed by atoms with van der Waals surface area (Å²) in [6, 6.07) is 10.0. The van der Waals surface area contributed by atoms with Gasteiger partial charge in [0.1, 0.15) is 5.65 Å². The summed E-state index contributed by atoms with van der Waals surface area (Å²) in [7, 11) is 0. The third-order valence-electron chi connectivity index (χ3n) is 5.84. The van der Waals surface area contributed by atoms with Gasteiger partial charge in [0.25, 0.3) is 0 Å². The highest BCUT2D eigenvalue weighted by molar-refractivity contribution is 6.30. The molecule has 1 N–H and O–H groups in total. The smallest absolute Gasteiger partial charge is 0.137 e. The number of hydrogen-bond acceptors (Lipinski definition) is 4. The van der Waals surface area contributed by atoms with Crippen molar-refractivity contribution in [1.29, 1.82) is 0 Å². The van der Waals surface area contributed by atoms with Gasteiger partial charge >= 0.3 is 0 Å². The largest absolute Gasteiger partial charge is 0.375 e. The van der Waals surface area contributed by atoms with E-state index in [4.69, 9.17) is 21.3 Å². The number of rotatable bonds is 3. The second-order valence-electron chi connectivity index (χ2n) is 7.75. The lowest BCUT2D eigenvalue weighted by atomic mass is 9.85. The van der Waals surface area contributed by atoms with Crippen LogP contribution in [0.1, 0.15) is 25.0 Å². The van der Waals surface area contributed by atoms with Crippen molar-refractivity contribution in [2.45, 2.75) is 31.3 Å². The number of nitrogens with one attached hydrogen (secondary N) is 1. The first kappa shape index (κ1) is 17.2. The van der Waals surface area contributed by atoms with E-state index in [1.807, 2.05) is 35.0 Å². The molecule has 0 aliphatic carbocycles. The SMILES string of the molecule is Clc1ccc2ncc(-c3cccc(C[C@@H]4COC5(CCNCC5)C4)n3)n2c1. The molecule has 2 fully saturated rings. The van der Waals surface area contributed by atoms with Crippen molar-refractivity contribution in [2.24, 2.45) is 5.92 Å². The summed E-state index contributed by atoms with van der Waals surface area (Å²) in [5.74, 6) is 0.544. The molecular weight excluding hydrogens is 360 g/mol. The molecule has 5 heterocycles. The van der Waals surface area contributed by atoms with E-state index in [2.05, 4.69) is 22.4 Å². The minimum atomic E-state index is 0.103. The number of aromatic nitrogens is 3. The quantitative estimate of drug-likeness (QED) is 0.749. The molecule has 2 aliphatic heterocycles. The van der Waals surface area contributed by atoms with Gasteiger partial charge in [0.05, 0.1) is 34.8 Å². The number of imidazole rings is 1. The van der Waals surface area contributed by atoms with E-state index >= 15 is 0 Å². The summed E-state index contributed by atoms with van der Waals surface area (Å²) in [5, 5.41) is 4.12. The van der Waals surface area contributed by atoms with Crippen LogP contribution >= 0.6 is 11.6 Å². The first-order valence-electron chi connectivity index (χ1n) is 9.64. The maximum atomic E-state index is 6.24. The Morgan fingerprint density at radius 2 is 2.11 bits per heavy atom. The third-order valence-corrected chi connectivity index (χ3v) is 6.06. The van der Waals surface area contributed by atoms with Crippen molar-refractivity contribution in [1.82, 2.24) is 19.7 Å². The van der Waals surface area contributed by atoms with Crippen LogP contribution in [0.2, 0.25) is 5.02 Å². The lowest BCUT2D eigenvalue weighted by Crippen LogP contribution is -2.41. The number of nitrogens with zero attached hydrogens (tertiary/aromatic N) is 3. The number of hydrogen-bond donors (Lipinski definition) is 1. The van der Waals surface area contributed by atoms with Crippen LogP contribution in [0.3, 0.4) is 0 Å². The molecule has 3 aromatic rings. The summed E-state index contributed by atoms with van der Waals surface area (Å²) in [6.07, 6.45) is 8.10. The topological polar surface area (TPSA) is 51.5 Å². The summed E-state index contributed by atoms with van der Waals surface area (Å²) < 4.78 is 8.24. The zero-order chi connectivity index (χ0) is 18.3. The predicted octanol–water partition coefficient (Wildman–Crippen LogP) is 3.75. The van der Waals surface area contributed by atoms with Crippen LogP contribution in [0.25, 0.3) is 17.0 Å². The van der Waals surface area contributed by atoms with Gasteiger partial charge in [-0.05, 0) is 69.0 Å². The average Bonchev–Trinajstić information content (AvgIpc) is 3.27. The van der Waals surface area contributed by atoms with E-state index in [0.717, 1.165) is 68.1 Å². The minimum absolute atomic E-state index is 0.103. The Bertz CT molecular complexity index is 964. The van der Waals surface area contributed by atoms with Crippen molar-refractivity contribution in [3.8, 4) is 11.4 Å². The highest BCUT2D eigenvalue weighted by Crippen LogP contribution is 2.38. The molecule has 1 spiro atoms. The van der Waals surface area contributed by atoms with Crippen LogP contribution in [0.5, 0.6) is 0 Å².